The van der Waals surface area contributed by atoms with Gasteiger partial charge in [-0.25, -0.2) is 18.4 Å². The topological polar surface area (TPSA) is 111 Å². The van der Waals surface area contributed by atoms with Crippen molar-refractivity contribution in [2.45, 2.75) is 55.0 Å². The summed E-state index contributed by atoms with van der Waals surface area (Å²) in [5.74, 6) is 0.832. The highest BCUT2D eigenvalue weighted by atomic mass is 32.2. The molecule has 0 amide bonds. The van der Waals surface area contributed by atoms with Gasteiger partial charge in [0, 0.05) is 36.5 Å². The quantitative estimate of drug-likeness (QED) is 0.451. The SMILES string of the molecule is O=C(CCc1ccc(S(=O)(=O)c2cnc3n2CCCCC3)cc1)c1cnc2[nH]ncc2c1. The number of pyridine rings is 1. The molecule has 0 atom stereocenters. The lowest BCUT2D eigenvalue weighted by atomic mass is 10.0. The van der Waals surface area contributed by atoms with Crippen molar-refractivity contribution in [3.63, 3.8) is 0 Å². The standard InChI is InChI=1S/C23H23N5O3S/c29-20(17-12-18-14-26-27-23(18)25-13-17)10-7-16-5-8-19(9-6-16)32(30,31)22-15-24-21-4-2-1-3-11-28(21)22/h5-6,8-9,12-15H,1-4,7,10-11H2,(H,25,26,27). The minimum absolute atomic E-state index is 0.0146. The number of imidazole rings is 1. The molecule has 1 aromatic carbocycles. The predicted molar refractivity (Wildman–Crippen MR) is 118 cm³/mol. The molecule has 8 nitrogen and oxygen atoms in total. The van der Waals surface area contributed by atoms with Gasteiger partial charge in [-0.3, -0.25) is 9.89 Å². The second-order valence-electron chi connectivity index (χ2n) is 8.08. The summed E-state index contributed by atoms with van der Waals surface area (Å²) < 4.78 is 28.2. The summed E-state index contributed by atoms with van der Waals surface area (Å²) in [6.07, 6.45) is 9.39. The Morgan fingerprint density at radius 1 is 1.03 bits per heavy atom. The van der Waals surface area contributed by atoms with E-state index in [0.29, 0.717) is 30.6 Å². The monoisotopic (exact) mass is 449 g/mol. The highest BCUT2D eigenvalue weighted by Crippen LogP contribution is 2.25. The minimum atomic E-state index is -3.64. The first kappa shape index (κ1) is 20.6. The first-order valence-corrected chi connectivity index (χ1v) is 12.2. The lowest BCUT2D eigenvalue weighted by Crippen LogP contribution is -2.11. The Kier molecular flexibility index (Phi) is 5.34. The number of Topliss-reactive ketones (excluding diaryl/α,β-unsaturated/α-hetero) is 1. The Hall–Kier alpha value is -3.33. The minimum Gasteiger partial charge on any atom is -0.319 e. The van der Waals surface area contributed by atoms with E-state index < -0.39 is 9.84 Å². The van der Waals surface area contributed by atoms with Crippen molar-refractivity contribution in [1.29, 1.82) is 0 Å². The zero-order chi connectivity index (χ0) is 22.1. The molecule has 5 rings (SSSR count). The molecule has 32 heavy (non-hydrogen) atoms. The van der Waals surface area contributed by atoms with Crippen LogP contribution in [0.25, 0.3) is 11.0 Å². The van der Waals surface area contributed by atoms with Crippen LogP contribution in [0.4, 0.5) is 0 Å². The molecule has 0 fully saturated rings. The molecule has 1 N–H and O–H groups in total. The van der Waals surface area contributed by atoms with Crippen LogP contribution in [-0.2, 0) is 29.2 Å². The summed E-state index contributed by atoms with van der Waals surface area (Å²) in [5.41, 5.74) is 2.09. The second-order valence-corrected chi connectivity index (χ2v) is 9.97. The molecule has 0 bridgehead atoms. The molecule has 1 aliphatic rings. The number of carbonyl (C=O) groups is 1. The van der Waals surface area contributed by atoms with Gasteiger partial charge >= 0.3 is 0 Å². The Labute approximate surface area is 185 Å². The van der Waals surface area contributed by atoms with Gasteiger partial charge in [0.1, 0.15) is 5.82 Å². The molecular formula is C23H23N5O3S. The zero-order valence-electron chi connectivity index (χ0n) is 17.5. The number of H-pyrrole nitrogens is 1. The van der Waals surface area contributed by atoms with Gasteiger partial charge in [-0.05, 0) is 43.0 Å². The Morgan fingerprint density at radius 3 is 2.72 bits per heavy atom. The number of aromatic amines is 1. The number of nitrogens with one attached hydrogen (secondary N) is 1. The average Bonchev–Trinajstić information content (AvgIpc) is 3.38. The first-order chi connectivity index (χ1) is 15.5. The predicted octanol–water partition coefficient (Wildman–Crippen LogP) is 3.53. The van der Waals surface area contributed by atoms with Gasteiger partial charge in [-0.1, -0.05) is 18.6 Å². The van der Waals surface area contributed by atoms with Crippen LogP contribution in [0.2, 0.25) is 0 Å². The highest BCUT2D eigenvalue weighted by Gasteiger charge is 2.25. The molecule has 0 saturated carbocycles. The smallest absolute Gasteiger partial charge is 0.223 e. The summed E-state index contributed by atoms with van der Waals surface area (Å²) in [7, 11) is -3.64. The number of hydrogen-bond acceptors (Lipinski definition) is 6. The van der Waals surface area contributed by atoms with E-state index in [0.717, 1.165) is 42.5 Å². The van der Waals surface area contributed by atoms with Gasteiger partial charge in [0.2, 0.25) is 9.84 Å². The number of nitrogens with zero attached hydrogens (tertiary/aromatic N) is 4. The maximum Gasteiger partial charge on any atom is 0.223 e. The Morgan fingerprint density at radius 2 is 1.88 bits per heavy atom. The van der Waals surface area contributed by atoms with Gasteiger partial charge in [0.15, 0.2) is 16.5 Å². The largest absolute Gasteiger partial charge is 0.319 e. The number of fused-ring (bicyclic) bond motifs is 2. The summed E-state index contributed by atoms with van der Waals surface area (Å²) in [6.45, 7) is 0.684. The number of aryl methyl sites for hydroxylation is 2. The highest BCUT2D eigenvalue weighted by molar-refractivity contribution is 7.91. The Bertz CT molecular complexity index is 1390. The van der Waals surface area contributed by atoms with Gasteiger partial charge in [-0.2, -0.15) is 5.10 Å². The number of sulfone groups is 1. The molecule has 4 heterocycles. The van der Waals surface area contributed by atoms with E-state index >= 15 is 0 Å². The van der Waals surface area contributed by atoms with Crippen LogP contribution in [0, 0.1) is 0 Å². The summed E-state index contributed by atoms with van der Waals surface area (Å²) >= 11 is 0. The van der Waals surface area contributed by atoms with E-state index in [1.807, 2.05) is 4.57 Å². The van der Waals surface area contributed by atoms with Crippen LogP contribution < -0.4 is 0 Å². The van der Waals surface area contributed by atoms with Crippen molar-refractivity contribution in [3.8, 4) is 0 Å². The lowest BCUT2D eigenvalue weighted by molar-refractivity contribution is 0.0982. The van der Waals surface area contributed by atoms with Crippen LogP contribution in [0.15, 0.2) is 58.8 Å². The number of carbonyl (C=O) groups excluding carboxylic acids is 1. The fourth-order valence-electron chi connectivity index (χ4n) is 4.13. The molecular weight excluding hydrogens is 426 g/mol. The lowest BCUT2D eigenvalue weighted by Gasteiger charge is -2.10. The molecule has 0 radical (unpaired) electrons. The van der Waals surface area contributed by atoms with E-state index in [1.54, 1.807) is 42.7 Å². The maximum absolute atomic E-state index is 13.2. The van der Waals surface area contributed by atoms with Crippen LogP contribution in [-0.4, -0.2) is 38.9 Å². The van der Waals surface area contributed by atoms with Crippen molar-refractivity contribution >= 4 is 26.7 Å². The number of hydrogen-bond donors (Lipinski definition) is 1. The van der Waals surface area contributed by atoms with E-state index in [9.17, 15) is 13.2 Å². The maximum atomic E-state index is 13.2. The van der Waals surface area contributed by atoms with Gasteiger partial charge < -0.3 is 4.57 Å². The van der Waals surface area contributed by atoms with Crippen LogP contribution in [0.3, 0.4) is 0 Å². The summed E-state index contributed by atoms with van der Waals surface area (Å²) in [5, 5.41) is 7.74. The molecule has 4 aromatic rings. The van der Waals surface area contributed by atoms with E-state index in [-0.39, 0.29) is 15.7 Å². The van der Waals surface area contributed by atoms with E-state index in [2.05, 4.69) is 20.2 Å². The van der Waals surface area contributed by atoms with Gasteiger partial charge in [0.05, 0.1) is 17.3 Å². The normalized spacial score (nSPS) is 14.2. The molecule has 164 valence electrons. The summed E-state index contributed by atoms with van der Waals surface area (Å²) in [4.78, 5) is 21.4. The number of ketones is 1. The van der Waals surface area contributed by atoms with Crippen molar-refractivity contribution < 1.29 is 13.2 Å². The van der Waals surface area contributed by atoms with E-state index in [4.69, 9.17) is 0 Å². The molecule has 3 aromatic heterocycles. The fourth-order valence-corrected chi connectivity index (χ4v) is 5.54. The molecule has 0 aliphatic carbocycles. The van der Waals surface area contributed by atoms with Crippen LogP contribution in [0.1, 0.15) is 47.4 Å². The van der Waals surface area contributed by atoms with Crippen LogP contribution >= 0.6 is 0 Å². The third kappa shape index (κ3) is 3.84. The molecule has 0 saturated heterocycles. The Balaban J connectivity index is 1.29. The molecule has 0 spiro atoms. The fraction of sp³-hybridized carbons (Fsp3) is 0.304. The van der Waals surface area contributed by atoms with Crippen molar-refractivity contribution in [2.24, 2.45) is 0 Å². The zero-order valence-corrected chi connectivity index (χ0v) is 18.3. The number of aromatic nitrogens is 5. The summed E-state index contributed by atoms with van der Waals surface area (Å²) in [6, 6.07) is 8.56. The first-order valence-electron chi connectivity index (χ1n) is 10.7. The molecule has 0 unspecified atom stereocenters. The van der Waals surface area contributed by atoms with Crippen LogP contribution in [0.5, 0.6) is 0 Å². The average molecular weight is 450 g/mol. The number of benzene rings is 1. The van der Waals surface area contributed by atoms with Crippen molar-refractivity contribution in [2.75, 3.05) is 0 Å². The third-order valence-electron chi connectivity index (χ3n) is 5.95. The van der Waals surface area contributed by atoms with Crippen molar-refractivity contribution in [3.05, 3.63) is 65.9 Å². The number of rotatable bonds is 6. The molecule has 1 aliphatic heterocycles. The van der Waals surface area contributed by atoms with Gasteiger partial charge in [0.25, 0.3) is 0 Å². The molecule has 9 heteroatoms. The third-order valence-corrected chi connectivity index (χ3v) is 7.72. The van der Waals surface area contributed by atoms with E-state index in [1.165, 1.54) is 6.20 Å². The van der Waals surface area contributed by atoms with Crippen molar-refractivity contribution in [1.82, 2.24) is 24.7 Å². The van der Waals surface area contributed by atoms with Gasteiger partial charge in [-0.15, -0.1) is 0 Å². The second kappa shape index (κ2) is 8.31.